The van der Waals surface area contributed by atoms with Crippen molar-refractivity contribution in [3.8, 4) is 11.5 Å². The molecule has 2 aromatic rings. The highest BCUT2D eigenvalue weighted by atomic mass is 32.2. The van der Waals surface area contributed by atoms with Gasteiger partial charge in [0.25, 0.3) is 0 Å². The summed E-state index contributed by atoms with van der Waals surface area (Å²) in [7, 11) is 0. The molecule has 0 atom stereocenters. The Bertz CT molecular complexity index is 929. The third kappa shape index (κ3) is 5.10. The predicted molar refractivity (Wildman–Crippen MR) is 116 cm³/mol. The van der Waals surface area contributed by atoms with E-state index in [0.29, 0.717) is 0 Å². The van der Waals surface area contributed by atoms with Crippen LogP contribution in [0.2, 0.25) is 0 Å². The minimum absolute atomic E-state index is 0.125. The second kappa shape index (κ2) is 9.79. The largest absolute Gasteiger partial charge is 0.507 e. The van der Waals surface area contributed by atoms with Gasteiger partial charge in [-0.15, -0.1) is 0 Å². The fourth-order valence-corrected chi connectivity index (χ4v) is 4.36. The van der Waals surface area contributed by atoms with E-state index in [0.717, 1.165) is 11.3 Å². The average Bonchev–Trinajstić information content (AvgIpc) is 2.71. The molecule has 0 bridgehead atoms. The van der Waals surface area contributed by atoms with Crippen LogP contribution in [-0.4, -0.2) is 21.8 Å². The summed E-state index contributed by atoms with van der Waals surface area (Å²) in [5, 5.41) is 19.9. The number of phenols is 2. The minimum atomic E-state index is -0.477. The van der Waals surface area contributed by atoms with E-state index in [2.05, 4.69) is 19.1 Å². The number of benzene rings is 2. The summed E-state index contributed by atoms with van der Waals surface area (Å²) < 4.78 is 0. The van der Waals surface area contributed by atoms with Crippen molar-refractivity contribution < 1.29 is 19.8 Å². The Balaban J connectivity index is 1.63. The molecule has 0 spiro atoms. The van der Waals surface area contributed by atoms with E-state index in [4.69, 9.17) is 0 Å². The molecule has 0 aromatic heterocycles. The fraction of sp³-hybridized carbons (Fsp3) is 0.333. The smallest absolute Gasteiger partial charge is 0.204 e. The molecule has 1 aliphatic carbocycles. The molecule has 152 valence electrons. The molecule has 2 N–H and O–H groups in total. The first-order valence-corrected chi connectivity index (χ1v) is 11.0. The lowest BCUT2D eigenvalue weighted by molar-refractivity contribution is 0.0986. The number of aromatic hydroxyl groups is 2. The molecule has 5 heteroatoms. The van der Waals surface area contributed by atoms with Crippen molar-refractivity contribution in [2.45, 2.75) is 56.8 Å². The third-order valence-electron chi connectivity index (χ3n) is 5.09. The Hall–Kier alpha value is -2.53. The molecule has 29 heavy (non-hydrogen) atoms. The van der Waals surface area contributed by atoms with Gasteiger partial charge in [-0.2, -0.15) is 0 Å². The van der Waals surface area contributed by atoms with E-state index in [1.807, 2.05) is 12.1 Å². The van der Waals surface area contributed by atoms with Gasteiger partial charge in [-0.3, -0.25) is 9.59 Å². The maximum Gasteiger partial charge on any atom is 0.204 e. The predicted octanol–water partition coefficient (Wildman–Crippen LogP) is 6.06. The lowest BCUT2D eigenvalue weighted by Crippen LogP contribution is -2.16. The summed E-state index contributed by atoms with van der Waals surface area (Å²) in [6.45, 7) is 2.22. The minimum Gasteiger partial charge on any atom is -0.507 e. The van der Waals surface area contributed by atoms with Gasteiger partial charge in [0.15, 0.2) is 5.78 Å². The molecule has 0 radical (unpaired) electrons. The number of ketones is 2. The number of allylic oxidation sites excluding steroid dienone is 2. The topological polar surface area (TPSA) is 74.6 Å². The van der Waals surface area contributed by atoms with Crippen LogP contribution in [0.15, 0.2) is 52.3 Å². The Kier molecular flexibility index (Phi) is 7.15. The number of aryl methyl sites for hydroxylation is 1. The lowest BCUT2D eigenvalue weighted by atomic mass is 9.93. The van der Waals surface area contributed by atoms with E-state index < -0.39 is 11.6 Å². The van der Waals surface area contributed by atoms with Gasteiger partial charge >= 0.3 is 0 Å². The van der Waals surface area contributed by atoms with E-state index in [-0.39, 0.29) is 27.5 Å². The lowest BCUT2D eigenvalue weighted by Gasteiger charge is -2.17. The molecule has 1 aliphatic rings. The first-order valence-electron chi connectivity index (χ1n) is 10.1. The highest BCUT2D eigenvalue weighted by Crippen LogP contribution is 2.39. The van der Waals surface area contributed by atoms with Crippen LogP contribution in [-0.2, 0) is 6.42 Å². The maximum atomic E-state index is 12.7. The molecule has 0 unspecified atom stereocenters. The van der Waals surface area contributed by atoms with Gasteiger partial charge < -0.3 is 10.2 Å². The molecule has 0 aliphatic heterocycles. The molecular weight excluding hydrogens is 384 g/mol. The summed E-state index contributed by atoms with van der Waals surface area (Å²) in [4.78, 5) is 26.2. The number of fused-ring (bicyclic) bond motifs is 1. The Morgan fingerprint density at radius 1 is 0.793 bits per heavy atom. The second-order valence-electron chi connectivity index (χ2n) is 7.32. The van der Waals surface area contributed by atoms with Crippen LogP contribution in [0.1, 0.15) is 71.7 Å². The number of carbonyl (C=O) groups is 2. The molecule has 0 saturated carbocycles. The van der Waals surface area contributed by atoms with Crippen LogP contribution in [0.5, 0.6) is 11.5 Å². The van der Waals surface area contributed by atoms with Gasteiger partial charge in [0, 0.05) is 11.0 Å². The fourth-order valence-electron chi connectivity index (χ4n) is 3.48. The van der Waals surface area contributed by atoms with Crippen LogP contribution >= 0.6 is 11.8 Å². The normalized spacial score (nSPS) is 13.3. The van der Waals surface area contributed by atoms with Crippen LogP contribution < -0.4 is 0 Å². The van der Waals surface area contributed by atoms with Gasteiger partial charge in [-0.1, -0.05) is 62.9 Å². The zero-order valence-corrected chi connectivity index (χ0v) is 17.4. The molecule has 0 saturated heterocycles. The summed E-state index contributed by atoms with van der Waals surface area (Å²) in [6.07, 6.45) is 9.86. The number of phenolic OH excluding ortho intramolecular Hbond substituents is 2. The van der Waals surface area contributed by atoms with Crippen molar-refractivity contribution in [1.82, 2.24) is 0 Å². The van der Waals surface area contributed by atoms with E-state index >= 15 is 0 Å². The van der Waals surface area contributed by atoms with Crippen molar-refractivity contribution in [1.29, 1.82) is 0 Å². The van der Waals surface area contributed by atoms with Crippen molar-refractivity contribution in [3.05, 3.63) is 64.1 Å². The van der Waals surface area contributed by atoms with Crippen molar-refractivity contribution in [3.63, 3.8) is 0 Å². The van der Waals surface area contributed by atoms with Crippen LogP contribution in [0.25, 0.3) is 0 Å². The van der Waals surface area contributed by atoms with Crippen LogP contribution in [0.3, 0.4) is 0 Å². The van der Waals surface area contributed by atoms with Crippen molar-refractivity contribution in [2.24, 2.45) is 0 Å². The summed E-state index contributed by atoms with van der Waals surface area (Å²) in [6, 6.07) is 10.5. The Labute approximate surface area is 175 Å². The first-order chi connectivity index (χ1) is 14.0. The molecule has 0 heterocycles. The molecule has 0 amide bonds. The highest BCUT2D eigenvalue weighted by molar-refractivity contribution is 8.04. The van der Waals surface area contributed by atoms with Crippen LogP contribution in [0.4, 0.5) is 0 Å². The maximum absolute atomic E-state index is 12.7. The highest BCUT2D eigenvalue weighted by Gasteiger charge is 2.31. The molecule has 4 nitrogen and oxygen atoms in total. The summed E-state index contributed by atoms with van der Waals surface area (Å²) in [5.74, 6) is -1.52. The summed E-state index contributed by atoms with van der Waals surface area (Å²) in [5.41, 5.74) is 1.01. The van der Waals surface area contributed by atoms with Gasteiger partial charge in [-0.25, -0.2) is 0 Å². The number of hydrogen-bond acceptors (Lipinski definition) is 5. The average molecular weight is 411 g/mol. The van der Waals surface area contributed by atoms with Gasteiger partial charge in [-0.05, 0) is 42.7 Å². The van der Waals surface area contributed by atoms with Gasteiger partial charge in [0.2, 0.25) is 5.78 Å². The number of hydrogen-bond donors (Lipinski definition) is 2. The zero-order valence-electron chi connectivity index (χ0n) is 16.6. The number of thioether (sulfide) groups is 1. The monoisotopic (exact) mass is 410 g/mol. The standard InChI is InChI=1S/C24H26O4S/c1-2-3-4-5-6-7-8-16-9-11-17(12-10-16)29-21-15-20(27)22-18(25)13-14-19(26)23(22)24(21)28/h9-15,25-26H,2-8H2,1H3. The number of carbonyl (C=O) groups excluding carboxylic acids is 2. The Morgan fingerprint density at radius 2 is 1.41 bits per heavy atom. The third-order valence-corrected chi connectivity index (χ3v) is 6.12. The molecular formula is C24H26O4S. The SMILES string of the molecule is CCCCCCCCc1ccc(SC2=CC(=O)c3c(O)ccc(O)c3C2=O)cc1. The molecule has 2 aromatic carbocycles. The first kappa shape index (κ1) is 21.2. The number of rotatable bonds is 9. The second-order valence-corrected chi connectivity index (χ2v) is 8.43. The van der Waals surface area contributed by atoms with Crippen molar-refractivity contribution >= 4 is 23.3 Å². The van der Waals surface area contributed by atoms with Gasteiger partial charge in [0.1, 0.15) is 11.5 Å². The molecule has 0 fully saturated rings. The number of Topliss-reactive ketones (excluding diaryl/α,β-unsaturated/α-hetero) is 1. The Morgan fingerprint density at radius 3 is 2.10 bits per heavy atom. The zero-order chi connectivity index (χ0) is 20.8. The van der Waals surface area contributed by atoms with Crippen molar-refractivity contribution in [2.75, 3.05) is 0 Å². The summed E-state index contributed by atoms with van der Waals surface area (Å²) >= 11 is 1.20. The van der Waals surface area contributed by atoms with Gasteiger partial charge in [0.05, 0.1) is 16.0 Å². The van der Waals surface area contributed by atoms with E-state index in [9.17, 15) is 19.8 Å². The number of unbranched alkanes of at least 4 members (excludes halogenated alkanes) is 5. The quantitative estimate of drug-likeness (QED) is 0.388. The van der Waals surface area contributed by atoms with E-state index in [1.165, 1.54) is 74.1 Å². The molecule has 3 rings (SSSR count). The van der Waals surface area contributed by atoms with Crippen LogP contribution in [0, 0.1) is 0 Å². The van der Waals surface area contributed by atoms with E-state index in [1.54, 1.807) is 0 Å².